The second-order valence-corrected chi connectivity index (χ2v) is 9.74. The van der Waals surface area contributed by atoms with Crippen LogP contribution in [-0.2, 0) is 17.8 Å². The molecule has 2 N–H and O–H groups in total. The number of carbonyl (C=O) groups is 1. The van der Waals surface area contributed by atoms with Crippen molar-refractivity contribution in [2.75, 3.05) is 23.7 Å². The number of fused-ring (bicyclic) bond motifs is 1. The molecule has 2 aliphatic heterocycles. The molecule has 38 heavy (non-hydrogen) atoms. The summed E-state index contributed by atoms with van der Waals surface area (Å²) >= 11 is 0. The molecule has 1 saturated heterocycles. The molecule has 8 nitrogen and oxygen atoms in total. The van der Waals surface area contributed by atoms with E-state index in [4.69, 9.17) is 10.2 Å². The number of hydrogen-bond acceptors (Lipinski definition) is 7. The van der Waals surface area contributed by atoms with Gasteiger partial charge in [0, 0.05) is 43.0 Å². The van der Waals surface area contributed by atoms with E-state index >= 15 is 0 Å². The lowest BCUT2D eigenvalue weighted by molar-refractivity contribution is -0.115. The van der Waals surface area contributed by atoms with E-state index < -0.39 is 0 Å². The van der Waals surface area contributed by atoms with Gasteiger partial charge in [0.05, 0.1) is 23.5 Å². The first kappa shape index (κ1) is 23.8. The van der Waals surface area contributed by atoms with Crippen molar-refractivity contribution in [1.82, 2.24) is 19.9 Å². The number of anilines is 2. The fraction of sp³-hybridized carbons (Fsp3) is 0.233. The number of nitriles is 1. The number of hydrogen-bond donors (Lipinski definition) is 2. The van der Waals surface area contributed by atoms with Crippen LogP contribution in [0.2, 0.25) is 0 Å². The fourth-order valence-electron chi connectivity index (χ4n) is 5.16. The highest BCUT2D eigenvalue weighted by molar-refractivity contribution is 6.00. The largest absolute Gasteiger partial charge is 0.367 e. The van der Waals surface area contributed by atoms with Crippen LogP contribution in [0.3, 0.4) is 0 Å². The van der Waals surface area contributed by atoms with Crippen molar-refractivity contribution in [3.8, 4) is 28.5 Å². The molecular formula is C30H27N7O. The van der Waals surface area contributed by atoms with Gasteiger partial charge in [0.1, 0.15) is 11.9 Å². The molecule has 0 atom stereocenters. The summed E-state index contributed by atoms with van der Waals surface area (Å²) in [4.78, 5) is 27.5. The first-order valence-corrected chi connectivity index (χ1v) is 12.8. The van der Waals surface area contributed by atoms with Crippen LogP contribution < -0.4 is 10.6 Å². The second-order valence-electron chi connectivity index (χ2n) is 9.74. The lowest BCUT2D eigenvalue weighted by Crippen LogP contribution is -2.38. The van der Waals surface area contributed by atoms with E-state index in [0.29, 0.717) is 18.3 Å². The zero-order chi connectivity index (χ0) is 25.9. The lowest BCUT2D eigenvalue weighted by Gasteiger charge is -2.32. The Balaban J connectivity index is 1.14. The van der Waals surface area contributed by atoms with Crippen molar-refractivity contribution in [2.45, 2.75) is 31.8 Å². The molecule has 2 aromatic carbocycles. The van der Waals surface area contributed by atoms with Crippen LogP contribution in [-0.4, -0.2) is 44.9 Å². The number of rotatable bonds is 6. The predicted molar refractivity (Wildman–Crippen MR) is 146 cm³/mol. The number of nitrogens with zero attached hydrogens (tertiary/aromatic N) is 5. The molecule has 1 fully saturated rings. The van der Waals surface area contributed by atoms with Crippen molar-refractivity contribution in [3.63, 3.8) is 0 Å². The number of amides is 1. The molecule has 4 heterocycles. The molecule has 8 heteroatoms. The summed E-state index contributed by atoms with van der Waals surface area (Å²) in [5.74, 6) is 0.884. The van der Waals surface area contributed by atoms with Crippen molar-refractivity contribution < 1.29 is 4.79 Å². The van der Waals surface area contributed by atoms with E-state index in [9.17, 15) is 4.79 Å². The highest BCUT2D eigenvalue weighted by atomic mass is 16.1. The maximum atomic E-state index is 12.0. The fourth-order valence-corrected chi connectivity index (χ4v) is 5.16. The Morgan fingerprint density at radius 1 is 1.00 bits per heavy atom. The van der Waals surface area contributed by atoms with Crippen LogP contribution in [0.1, 0.15) is 29.9 Å². The molecule has 0 saturated carbocycles. The van der Waals surface area contributed by atoms with E-state index in [1.54, 1.807) is 6.20 Å². The highest BCUT2D eigenvalue weighted by Gasteiger charge is 2.23. The summed E-state index contributed by atoms with van der Waals surface area (Å²) < 4.78 is 0. The Morgan fingerprint density at radius 2 is 1.79 bits per heavy atom. The van der Waals surface area contributed by atoms with E-state index in [2.05, 4.69) is 61.9 Å². The van der Waals surface area contributed by atoms with Crippen molar-refractivity contribution in [2.24, 2.45) is 0 Å². The third kappa shape index (κ3) is 5.10. The topological polar surface area (TPSA) is 107 Å². The van der Waals surface area contributed by atoms with Crippen LogP contribution in [0, 0.1) is 11.3 Å². The first-order valence-electron chi connectivity index (χ1n) is 12.8. The van der Waals surface area contributed by atoms with Gasteiger partial charge >= 0.3 is 0 Å². The minimum Gasteiger partial charge on any atom is -0.367 e. The number of likely N-dealkylation sites (tertiary alicyclic amines) is 1. The van der Waals surface area contributed by atoms with Gasteiger partial charge in [-0.15, -0.1) is 0 Å². The van der Waals surface area contributed by atoms with Gasteiger partial charge in [-0.2, -0.15) is 5.26 Å². The van der Waals surface area contributed by atoms with Crippen molar-refractivity contribution >= 4 is 17.4 Å². The summed E-state index contributed by atoms with van der Waals surface area (Å²) in [5, 5.41) is 15.4. The van der Waals surface area contributed by atoms with Gasteiger partial charge in [0.15, 0.2) is 0 Å². The number of carbonyl (C=O) groups excluding carboxylic acids is 1. The Kier molecular flexibility index (Phi) is 6.51. The number of aromatic nitrogens is 3. The Labute approximate surface area is 221 Å². The van der Waals surface area contributed by atoms with Gasteiger partial charge in [-0.25, -0.2) is 15.0 Å². The molecule has 2 aliphatic rings. The summed E-state index contributed by atoms with van der Waals surface area (Å²) in [6.45, 7) is 2.86. The van der Waals surface area contributed by atoms with Gasteiger partial charge in [-0.1, -0.05) is 54.6 Å². The average Bonchev–Trinajstić information content (AvgIpc) is 3.33. The molecule has 1 amide bonds. The zero-order valence-corrected chi connectivity index (χ0v) is 20.9. The molecule has 0 spiro atoms. The average molecular weight is 502 g/mol. The summed E-state index contributed by atoms with van der Waals surface area (Å²) in [5.41, 5.74) is 6.89. The molecular weight excluding hydrogens is 474 g/mol. The molecule has 188 valence electrons. The van der Waals surface area contributed by atoms with Crippen LogP contribution in [0.15, 0.2) is 72.9 Å². The molecule has 2 aromatic heterocycles. The highest BCUT2D eigenvalue weighted by Crippen LogP contribution is 2.36. The number of nitrogens with one attached hydrogen (secondary N) is 2. The molecule has 0 bridgehead atoms. The molecule has 4 aromatic rings. The zero-order valence-electron chi connectivity index (χ0n) is 20.9. The second kappa shape index (κ2) is 10.4. The van der Waals surface area contributed by atoms with Crippen molar-refractivity contribution in [1.29, 1.82) is 5.26 Å². The third-order valence-corrected chi connectivity index (χ3v) is 7.12. The maximum absolute atomic E-state index is 12.0. The lowest BCUT2D eigenvalue weighted by atomic mass is 9.97. The Morgan fingerprint density at radius 3 is 2.55 bits per heavy atom. The van der Waals surface area contributed by atoms with Gasteiger partial charge < -0.3 is 10.6 Å². The van der Waals surface area contributed by atoms with E-state index in [0.717, 1.165) is 66.2 Å². The van der Waals surface area contributed by atoms with Gasteiger partial charge in [-0.3, -0.25) is 9.69 Å². The predicted octanol–water partition coefficient (Wildman–Crippen LogP) is 4.65. The van der Waals surface area contributed by atoms with Crippen LogP contribution >= 0.6 is 0 Å². The SMILES string of the molecule is N#Cc1nccc(NC2CCN(Cc3ccc(-c4nc5c(cc4-c4ccccc4)NC(=O)C5)cc3)CC2)n1. The monoisotopic (exact) mass is 501 g/mol. The van der Waals surface area contributed by atoms with E-state index in [1.807, 2.05) is 36.4 Å². The summed E-state index contributed by atoms with van der Waals surface area (Å²) in [7, 11) is 0. The third-order valence-electron chi connectivity index (χ3n) is 7.12. The van der Waals surface area contributed by atoms with E-state index in [-0.39, 0.29) is 11.7 Å². The van der Waals surface area contributed by atoms with Crippen LogP contribution in [0.5, 0.6) is 0 Å². The van der Waals surface area contributed by atoms with E-state index in [1.165, 1.54) is 5.56 Å². The number of pyridine rings is 1. The summed E-state index contributed by atoms with van der Waals surface area (Å²) in [6.07, 6.45) is 3.95. The standard InChI is InChI=1S/C30H27N7O/c31-18-28-32-13-10-27(36-28)33-23-11-14-37(15-12-23)19-20-6-8-22(9-7-20)30-24(21-4-2-1-3-5-21)16-25-26(35-30)17-29(38)34-25/h1-10,13,16,23H,11-12,14-15,17,19H2,(H,34,38)(H,32,33,36). The number of piperidine rings is 1. The number of benzene rings is 2. The molecule has 0 radical (unpaired) electrons. The summed E-state index contributed by atoms with van der Waals surface area (Å²) in [6, 6.07) is 25.0. The first-order chi connectivity index (χ1) is 18.6. The Hall–Kier alpha value is -4.61. The minimum absolute atomic E-state index is 0.0121. The maximum Gasteiger partial charge on any atom is 0.234 e. The molecule has 0 unspecified atom stereocenters. The van der Waals surface area contributed by atoms with Crippen LogP contribution in [0.25, 0.3) is 22.4 Å². The van der Waals surface area contributed by atoms with Gasteiger partial charge in [0.25, 0.3) is 0 Å². The molecule has 0 aliphatic carbocycles. The van der Waals surface area contributed by atoms with Crippen LogP contribution in [0.4, 0.5) is 11.5 Å². The van der Waals surface area contributed by atoms with Crippen molar-refractivity contribution in [3.05, 3.63) is 90.0 Å². The smallest absolute Gasteiger partial charge is 0.234 e. The normalized spacial score (nSPS) is 15.5. The Bertz CT molecular complexity index is 1500. The minimum atomic E-state index is -0.0121. The molecule has 6 rings (SSSR count). The van der Waals surface area contributed by atoms with Gasteiger partial charge in [0.2, 0.25) is 11.7 Å². The quantitative estimate of drug-likeness (QED) is 0.396. The van der Waals surface area contributed by atoms with Gasteiger partial charge in [-0.05, 0) is 36.1 Å².